The molecule has 110 valence electrons. The molecule has 0 radical (unpaired) electrons. The molecular weight excluding hydrogens is 230 g/mol. The van der Waals surface area contributed by atoms with Gasteiger partial charge in [0.15, 0.2) is 0 Å². The Morgan fingerprint density at radius 2 is 1.50 bits per heavy atom. The summed E-state index contributed by atoms with van der Waals surface area (Å²) >= 11 is 0. The molecule has 0 spiro atoms. The summed E-state index contributed by atoms with van der Waals surface area (Å²) in [7, 11) is 0. The lowest BCUT2D eigenvalue weighted by atomic mass is 9.73. The first-order valence-corrected chi connectivity index (χ1v) is 7.71. The summed E-state index contributed by atoms with van der Waals surface area (Å²) in [6.07, 6.45) is 1.40. The van der Waals surface area contributed by atoms with E-state index >= 15 is 0 Å². The quantitative estimate of drug-likeness (QED) is 0.600. The van der Waals surface area contributed by atoms with Crippen LogP contribution in [0.15, 0.2) is 0 Å². The maximum absolute atomic E-state index is 13.9. The third-order valence-corrected chi connectivity index (χ3v) is 4.14. The van der Waals surface area contributed by atoms with Crippen molar-refractivity contribution in [3.63, 3.8) is 0 Å². The van der Waals surface area contributed by atoms with Gasteiger partial charge in [0, 0.05) is 0 Å². The number of alkyl halides is 2. The Bertz CT molecular complexity index is 203. The molecule has 1 saturated carbocycles. The summed E-state index contributed by atoms with van der Waals surface area (Å²) in [6, 6.07) is 0. The Morgan fingerprint density at radius 3 is 2.00 bits per heavy atom. The van der Waals surface area contributed by atoms with Crippen molar-refractivity contribution in [1.82, 2.24) is 0 Å². The van der Waals surface area contributed by atoms with E-state index in [9.17, 15) is 8.78 Å². The molecule has 0 saturated heterocycles. The largest absolute Gasteiger partial charge is 0.244 e. The lowest BCUT2D eigenvalue weighted by molar-refractivity contribution is 0.00566. The lowest BCUT2D eigenvalue weighted by Crippen LogP contribution is -2.39. The number of rotatable bonds is 4. The maximum atomic E-state index is 13.9. The topological polar surface area (TPSA) is 0 Å². The van der Waals surface area contributed by atoms with Gasteiger partial charge in [-0.15, -0.1) is 0 Å². The van der Waals surface area contributed by atoms with Gasteiger partial charge in [0.05, 0.1) is 0 Å². The Balaban J connectivity index is 0.00000137. The third-order valence-electron chi connectivity index (χ3n) is 4.14. The molecule has 0 nitrogen and oxygen atoms in total. The van der Waals surface area contributed by atoms with Gasteiger partial charge >= 0.3 is 0 Å². The smallest absolute Gasteiger partial charge is 0.134 e. The second-order valence-corrected chi connectivity index (χ2v) is 6.06. The van der Waals surface area contributed by atoms with Crippen LogP contribution in [0.4, 0.5) is 8.78 Å². The SMILES string of the molecule is CC.CC(C)CCC(C)C1CCC(C)C(F)C1F. The zero-order valence-corrected chi connectivity index (χ0v) is 13.0. The van der Waals surface area contributed by atoms with E-state index < -0.39 is 12.3 Å². The van der Waals surface area contributed by atoms with E-state index in [4.69, 9.17) is 0 Å². The molecular formula is C16H32F2. The second kappa shape index (κ2) is 8.87. The van der Waals surface area contributed by atoms with Crippen LogP contribution in [0.1, 0.15) is 67.2 Å². The Labute approximate surface area is 113 Å². The van der Waals surface area contributed by atoms with Crippen LogP contribution in [0.25, 0.3) is 0 Å². The molecule has 0 amide bonds. The standard InChI is InChI=1S/C14H26F2.C2H6/c1-9(2)5-6-10(3)12-8-7-11(4)13(15)14(12)16;1-2/h9-14H,5-8H2,1-4H3;1-2H3. The van der Waals surface area contributed by atoms with Gasteiger partial charge in [0.25, 0.3) is 0 Å². The van der Waals surface area contributed by atoms with Crippen LogP contribution in [0.5, 0.6) is 0 Å². The van der Waals surface area contributed by atoms with E-state index in [1.54, 1.807) is 0 Å². The number of hydrogen-bond donors (Lipinski definition) is 0. The highest BCUT2D eigenvalue weighted by Gasteiger charge is 2.40. The lowest BCUT2D eigenvalue weighted by Gasteiger charge is -2.36. The molecule has 18 heavy (non-hydrogen) atoms. The Kier molecular flexibility index (Phi) is 8.81. The van der Waals surface area contributed by atoms with E-state index in [2.05, 4.69) is 20.8 Å². The molecule has 5 atom stereocenters. The first kappa shape index (κ1) is 17.9. The molecule has 5 unspecified atom stereocenters. The number of hydrogen-bond acceptors (Lipinski definition) is 0. The van der Waals surface area contributed by atoms with Crippen LogP contribution in [0.3, 0.4) is 0 Å². The van der Waals surface area contributed by atoms with Crippen LogP contribution in [-0.4, -0.2) is 12.3 Å². The van der Waals surface area contributed by atoms with Crippen molar-refractivity contribution < 1.29 is 8.78 Å². The van der Waals surface area contributed by atoms with Crippen molar-refractivity contribution in [3.8, 4) is 0 Å². The highest BCUT2D eigenvalue weighted by Crippen LogP contribution is 2.39. The minimum absolute atomic E-state index is 0.0510. The molecule has 1 fully saturated rings. The van der Waals surface area contributed by atoms with E-state index in [1.807, 2.05) is 20.8 Å². The minimum atomic E-state index is -1.24. The van der Waals surface area contributed by atoms with Gasteiger partial charge in [0.1, 0.15) is 12.3 Å². The van der Waals surface area contributed by atoms with Crippen molar-refractivity contribution >= 4 is 0 Å². The van der Waals surface area contributed by atoms with Gasteiger partial charge in [-0.25, -0.2) is 8.78 Å². The maximum Gasteiger partial charge on any atom is 0.134 e. The fourth-order valence-corrected chi connectivity index (χ4v) is 2.73. The zero-order chi connectivity index (χ0) is 14.3. The van der Waals surface area contributed by atoms with E-state index in [0.717, 1.165) is 25.7 Å². The number of halogens is 2. The first-order valence-electron chi connectivity index (χ1n) is 7.71. The van der Waals surface area contributed by atoms with Crippen LogP contribution >= 0.6 is 0 Å². The van der Waals surface area contributed by atoms with Crippen LogP contribution < -0.4 is 0 Å². The summed E-state index contributed by atoms with van der Waals surface area (Å²) in [5.41, 5.74) is 0. The molecule has 0 aromatic heterocycles. The van der Waals surface area contributed by atoms with Crippen molar-refractivity contribution in [1.29, 1.82) is 0 Å². The van der Waals surface area contributed by atoms with Gasteiger partial charge in [-0.2, -0.15) is 0 Å². The summed E-state index contributed by atoms with van der Waals surface area (Å²) in [5.74, 6) is 0.834. The average Bonchev–Trinajstić information content (AvgIpc) is 2.35. The van der Waals surface area contributed by atoms with E-state index in [0.29, 0.717) is 11.8 Å². The molecule has 2 heteroatoms. The normalized spacial score (nSPS) is 33.8. The van der Waals surface area contributed by atoms with Crippen molar-refractivity contribution in [2.75, 3.05) is 0 Å². The molecule has 0 aromatic carbocycles. The molecule has 0 heterocycles. The van der Waals surface area contributed by atoms with Crippen LogP contribution in [0, 0.1) is 23.7 Å². The fourth-order valence-electron chi connectivity index (χ4n) is 2.73. The molecule has 0 aliphatic heterocycles. The van der Waals surface area contributed by atoms with Crippen molar-refractivity contribution in [2.45, 2.75) is 79.6 Å². The van der Waals surface area contributed by atoms with Gasteiger partial charge in [-0.1, -0.05) is 54.4 Å². The van der Waals surface area contributed by atoms with Crippen LogP contribution in [-0.2, 0) is 0 Å². The van der Waals surface area contributed by atoms with E-state index in [-0.39, 0.29) is 11.8 Å². The van der Waals surface area contributed by atoms with Crippen LogP contribution in [0.2, 0.25) is 0 Å². The predicted octanol–water partition coefficient (Wildman–Crippen LogP) is 5.81. The van der Waals surface area contributed by atoms with Crippen molar-refractivity contribution in [3.05, 3.63) is 0 Å². The zero-order valence-electron chi connectivity index (χ0n) is 13.0. The molecule has 1 rings (SSSR count). The van der Waals surface area contributed by atoms with Gasteiger partial charge in [0.2, 0.25) is 0 Å². The summed E-state index contributed by atoms with van der Waals surface area (Å²) in [4.78, 5) is 0. The summed E-state index contributed by atoms with van der Waals surface area (Å²) < 4.78 is 27.5. The Morgan fingerprint density at radius 1 is 0.944 bits per heavy atom. The highest BCUT2D eigenvalue weighted by atomic mass is 19.2. The fraction of sp³-hybridized carbons (Fsp3) is 1.00. The molecule has 1 aliphatic rings. The first-order chi connectivity index (χ1) is 8.43. The predicted molar refractivity (Wildman–Crippen MR) is 76.3 cm³/mol. The third kappa shape index (κ3) is 5.24. The Hall–Kier alpha value is -0.140. The molecule has 1 aliphatic carbocycles. The van der Waals surface area contributed by atoms with Gasteiger partial charge in [-0.3, -0.25) is 0 Å². The second-order valence-electron chi connectivity index (χ2n) is 6.06. The monoisotopic (exact) mass is 262 g/mol. The highest BCUT2D eigenvalue weighted by molar-refractivity contribution is 4.88. The minimum Gasteiger partial charge on any atom is -0.244 e. The summed E-state index contributed by atoms with van der Waals surface area (Å²) in [6.45, 7) is 12.3. The van der Waals surface area contributed by atoms with Gasteiger partial charge in [-0.05, 0) is 36.5 Å². The molecule has 0 bridgehead atoms. The summed E-state index contributed by atoms with van der Waals surface area (Å²) in [5, 5.41) is 0. The average molecular weight is 262 g/mol. The van der Waals surface area contributed by atoms with Gasteiger partial charge < -0.3 is 0 Å². The molecule has 0 N–H and O–H groups in total. The molecule has 0 aromatic rings. The van der Waals surface area contributed by atoms with Crippen molar-refractivity contribution in [2.24, 2.45) is 23.7 Å². The van der Waals surface area contributed by atoms with E-state index in [1.165, 1.54) is 0 Å².